The van der Waals surface area contributed by atoms with Gasteiger partial charge in [-0.05, 0) is 51.9 Å². The summed E-state index contributed by atoms with van der Waals surface area (Å²) in [4.78, 5) is 0. The molecule has 1 unspecified atom stereocenters. The van der Waals surface area contributed by atoms with Crippen LogP contribution < -0.4 is 0 Å². The molecule has 0 spiro atoms. The minimum Gasteiger partial charge on any atom is -0.400 e. The Hall–Kier alpha value is -0.275. The predicted molar refractivity (Wildman–Crippen MR) is 62.6 cm³/mol. The Morgan fingerprint density at radius 1 is 1.20 bits per heavy atom. The Labute approximate surface area is 93.2 Å². The van der Waals surface area contributed by atoms with Gasteiger partial charge in [0.2, 0.25) is 0 Å². The highest BCUT2D eigenvalue weighted by Gasteiger charge is 2.52. The van der Waals surface area contributed by atoms with Crippen LogP contribution >= 0.6 is 0 Å². The number of rotatable bonds is 1. The summed E-state index contributed by atoms with van der Waals surface area (Å²) in [6.45, 7) is 10.7. The molecule has 1 saturated heterocycles. The third-order valence-electron chi connectivity index (χ3n) is 3.92. The van der Waals surface area contributed by atoms with Gasteiger partial charge < -0.3 is 9.31 Å². The maximum absolute atomic E-state index is 6.01. The van der Waals surface area contributed by atoms with Crippen molar-refractivity contribution in [3.05, 3.63) is 11.5 Å². The van der Waals surface area contributed by atoms with Crippen molar-refractivity contribution in [3.8, 4) is 0 Å². The van der Waals surface area contributed by atoms with E-state index in [1.807, 2.05) is 0 Å². The van der Waals surface area contributed by atoms with E-state index in [-0.39, 0.29) is 18.3 Å². The molecule has 2 nitrogen and oxygen atoms in total. The smallest absolute Gasteiger partial charge is 0.400 e. The van der Waals surface area contributed by atoms with Gasteiger partial charge in [0.15, 0.2) is 0 Å². The second-order valence-electron chi connectivity index (χ2n) is 5.91. The van der Waals surface area contributed by atoms with Crippen molar-refractivity contribution in [2.24, 2.45) is 5.92 Å². The molecule has 0 N–H and O–H groups in total. The molecular weight excluding hydrogens is 187 g/mol. The van der Waals surface area contributed by atoms with Crippen LogP contribution in [0.15, 0.2) is 11.5 Å². The van der Waals surface area contributed by atoms with Gasteiger partial charge in [-0.15, -0.1) is 0 Å². The summed E-state index contributed by atoms with van der Waals surface area (Å²) in [7, 11) is -0.111. The van der Waals surface area contributed by atoms with Crippen molar-refractivity contribution < 1.29 is 9.31 Å². The second kappa shape index (κ2) is 3.36. The highest BCUT2D eigenvalue weighted by molar-refractivity contribution is 6.54. The van der Waals surface area contributed by atoms with E-state index in [1.54, 1.807) is 0 Å². The van der Waals surface area contributed by atoms with Gasteiger partial charge >= 0.3 is 7.12 Å². The lowest BCUT2D eigenvalue weighted by Gasteiger charge is -2.32. The molecule has 1 atom stereocenters. The fraction of sp³-hybridized carbons (Fsp3) is 0.833. The largest absolute Gasteiger partial charge is 0.490 e. The minimum absolute atomic E-state index is 0.111. The quantitative estimate of drug-likeness (QED) is 0.616. The van der Waals surface area contributed by atoms with Gasteiger partial charge in [0.1, 0.15) is 0 Å². The van der Waals surface area contributed by atoms with Crippen molar-refractivity contribution >= 4 is 7.12 Å². The van der Waals surface area contributed by atoms with E-state index in [4.69, 9.17) is 9.31 Å². The van der Waals surface area contributed by atoms with Gasteiger partial charge in [-0.2, -0.15) is 0 Å². The zero-order chi connectivity index (χ0) is 11.3. The summed E-state index contributed by atoms with van der Waals surface area (Å²) in [5, 5.41) is 0. The zero-order valence-electron chi connectivity index (χ0n) is 10.5. The molecule has 2 rings (SSSR count). The summed E-state index contributed by atoms with van der Waals surface area (Å²) >= 11 is 0. The van der Waals surface area contributed by atoms with E-state index in [9.17, 15) is 0 Å². The molecule has 0 aromatic heterocycles. The molecule has 84 valence electrons. The van der Waals surface area contributed by atoms with E-state index in [2.05, 4.69) is 40.7 Å². The van der Waals surface area contributed by atoms with Crippen molar-refractivity contribution in [2.45, 2.75) is 58.7 Å². The third-order valence-corrected chi connectivity index (χ3v) is 3.92. The van der Waals surface area contributed by atoms with Crippen LogP contribution in [0.5, 0.6) is 0 Å². The van der Waals surface area contributed by atoms with Gasteiger partial charge in [-0.25, -0.2) is 0 Å². The standard InChI is InChI=1S/C12H21BO2/c1-9-6-7-10(8-9)13-14-11(2,3)12(4,5)15-13/h7,9H,6,8H2,1-5H3. The van der Waals surface area contributed by atoms with Gasteiger partial charge in [0, 0.05) is 0 Å². The van der Waals surface area contributed by atoms with Gasteiger partial charge in [0.25, 0.3) is 0 Å². The van der Waals surface area contributed by atoms with Crippen LogP contribution in [0.1, 0.15) is 47.5 Å². The van der Waals surface area contributed by atoms with Crippen LogP contribution in [0, 0.1) is 5.92 Å². The molecular formula is C12H21BO2. The van der Waals surface area contributed by atoms with Crippen molar-refractivity contribution in [3.63, 3.8) is 0 Å². The lowest BCUT2D eigenvalue weighted by molar-refractivity contribution is 0.00578. The lowest BCUT2D eigenvalue weighted by Crippen LogP contribution is -2.41. The van der Waals surface area contributed by atoms with Crippen molar-refractivity contribution in [1.82, 2.24) is 0 Å². The first-order valence-electron chi connectivity index (χ1n) is 5.86. The molecule has 0 radical (unpaired) electrons. The molecule has 1 fully saturated rings. The summed E-state index contributed by atoms with van der Waals surface area (Å²) in [6.07, 6.45) is 4.57. The van der Waals surface area contributed by atoms with Crippen LogP contribution in [0.25, 0.3) is 0 Å². The van der Waals surface area contributed by atoms with E-state index in [0.29, 0.717) is 0 Å². The number of hydrogen-bond acceptors (Lipinski definition) is 2. The first-order chi connectivity index (χ1) is 6.82. The Bertz CT molecular complexity index is 278. The Balaban J connectivity index is 2.10. The fourth-order valence-electron chi connectivity index (χ4n) is 2.11. The molecule has 1 aliphatic carbocycles. The average molecular weight is 208 g/mol. The fourth-order valence-corrected chi connectivity index (χ4v) is 2.11. The molecule has 1 heterocycles. The molecule has 2 aliphatic rings. The summed E-state index contributed by atoms with van der Waals surface area (Å²) < 4.78 is 12.0. The van der Waals surface area contributed by atoms with Crippen molar-refractivity contribution in [2.75, 3.05) is 0 Å². The van der Waals surface area contributed by atoms with E-state index >= 15 is 0 Å². The van der Waals surface area contributed by atoms with Crippen molar-refractivity contribution in [1.29, 1.82) is 0 Å². The molecule has 1 aliphatic heterocycles. The first kappa shape index (κ1) is 11.2. The van der Waals surface area contributed by atoms with E-state index in [1.165, 1.54) is 11.9 Å². The van der Waals surface area contributed by atoms with Crippen LogP contribution in [0.4, 0.5) is 0 Å². The molecule has 0 aromatic carbocycles. The van der Waals surface area contributed by atoms with E-state index < -0.39 is 0 Å². The maximum Gasteiger partial charge on any atom is 0.490 e. The molecule has 0 aromatic rings. The highest BCUT2D eigenvalue weighted by Crippen LogP contribution is 2.41. The summed E-state index contributed by atoms with van der Waals surface area (Å²) in [6, 6.07) is 0. The topological polar surface area (TPSA) is 18.5 Å². The van der Waals surface area contributed by atoms with Crippen LogP contribution in [-0.2, 0) is 9.31 Å². The predicted octanol–water partition coefficient (Wildman–Crippen LogP) is 2.97. The Morgan fingerprint density at radius 2 is 1.73 bits per heavy atom. The van der Waals surface area contributed by atoms with Gasteiger partial charge in [0.05, 0.1) is 11.2 Å². The molecule has 0 bridgehead atoms. The minimum atomic E-state index is -0.204. The number of hydrogen-bond donors (Lipinski definition) is 0. The SMILES string of the molecule is CC1CC=C(B2OC(C)(C)C(C)(C)O2)C1. The summed E-state index contributed by atoms with van der Waals surface area (Å²) in [5.41, 5.74) is 0.926. The third kappa shape index (κ3) is 1.87. The number of allylic oxidation sites excluding steroid dienone is 2. The Morgan fingerprint density at radius 3 is 2.13 bits per heavy atom. The van der Waals surface area contributed by atoms with Crippen LogP contribution in [-0.4, -0.2) is 18.3 Å². The molecule has 0 amide bonds. The second-order valence-corrected chi connectivity index (χ2v) is 5.91. The van der Waals surface area contributed by atoms with Gasteiger partial charge in [-0.1, -0.05) is 13.0 Å². The Kier molecular flexibility index (Phi) is 2.51. The van der Waals surface area contributed by atoms with Gasteiger partial charge in [-0.3, -0.25) is 0 Å². The first-order valence-corrected chi connectivity index (χ1v) is 5.86. The molecule has 15 heavy (non-hydrogen) atoms. The summed E-state index contributed by atoms with van der Waals surface area (Å²) in [5.74, 6) is 0.749. The van der Waals surface area contributed by atoms with E-state index in [0.717, 1.165) is 12.3 Å². The monoisotopic (exact) mass is 208 g/mol. The van der Waals surface area contributed by atoms with Crippen LogP contribution in [0.3, 0.4) is 0 Å². The lowest BCUT2D eigenvalue weighted by atomic mass is 9.77. The maximum atomic E-state index is 6.01. The average Bonchev–Trinajstić information content (AvgIpc) is 2.56. The normalized spacial score (nSPS) is 33.3. The molecule has 0 saturated carbocycles. The zero-order valence-corrected chi connectivity index (χ0v) is 10.5. The molecule has 3 heteroatoms. The highest BCUT2D eigenvalue weighted by atomic mass is 16.7. The van der Waals surface area contributed by atoms with Crippen LogP contribution in [0.2, 0.25) is 0 Å².